The van der Waals surface area contributed by atoms with Gasteiger partial charge in [-0.15, -0.1) is 0 Å². The molecule has 1 amide bonds. The minimum atomic E-state index is -4.80. The van der Waals surface area contributed by atoms with Crippen LogP contribution >= 0.6 is 0 Å². The molecule has 1 saturated carbocycles. The van der Waals surface area contributed by atoms with Crippen molar-refractivity contribution in [2.45, 2.75) is 56.0 Å². The molecule has 0 bridgehead atoms. The zero-order valence-corrected chi connectivity index (χ0v) is 21.0. The minimum Gasteiger partial charge on any atom is -0.356 e. The predicted octanol–water partition coefficient (Wildman–Crippen LogP) is 6.64. The Morgan fingerprint density at radius 3 is 2.03 bits per heavy atom. The number of hydrogen-bond donors (Lipinski definition) is 2. The summed E-state index contributed by atoms with van der Waals surface area (Å²) in [6.07, 6.45) is -2.77. The van der Waals surface area contributed by atoms with Crippen LogP contribution < -0.4 is 10.6 Å². The number of aromatic nitrogens is 1. The highest BCUT2D eigenvalue weighted by Crippen LogP contribution is 2.38. The van der Waals surface area contributed by atoms with Gasteiger partial charge in [0.15, 0.2) is 0 Å². The smallest absolute Gasteiger partial charge is 0.356 e. The van der Waals surface area contributed by atoms with Crippen LogP contribution in [0.5, 0.6) is 0 Å². The molecule has 210 valence electrons. The quantitative estimate of drug-likeness (QED) is 0.254. The first-order chi connectivity index (χ1) is 18.4. The van der Waals surface area contributed by atoms with Gasteiger partial charge in [-0.25, -0.2) is 4.39 Å². The van der Waals surface area contributed by atoms with Crippen molar-refractivity contribution in [3.8, 4) is 0 Å². The highest BCUT2D eigenvalue weighted by molar-refractivity contribution is 5.46. The Morgan fingerprint density at radius 2 is 1.51 bits per heavy atom. The summed E-state index contributed by atoms with van der Waals surface area (Å²) in [6, 6.07) is 13.1. The van der Waals surface area contributed by atoms with Gasteiger partial charge < -0.3 is 10.6 Å². The number of hydrogen-bond acceptors (Lipinski definition) is 3. The van der Waals surface area contributed by atoms with Crippen molar-refractivity contribution < 1.29 is 35.5 Å². The number of benzene rings is 2. The van der Waals surface area contributed by atoms with E-state index in [1.807, 2.05) is 0 Å². The zero-order valence-electron chi connectivity index (χ0n) is 21.0. The monoisotopic (exact) mass is 555 g/mol. The van der Waals surface area contributed by atoms with Gasteiger partial charge in [0, 0.05) is 12.2 Å². The zero-order chi connectivity index (χ0) is 28.7. The van der Waals surface area contributed by atoms with E-state index >= 15 is 0 Å². The Morgan fingerprint density at radius 1 is 0.872 bits per heavy atom. The number of amides is 1. The molecule has 1 aromatic heterocycles. The van der Waals surface area contributed by atoms with Gasteiger partial charge >= 0.3 is 12.4 Å². The van der Waals surface area contributed by atoms with Gasteiger partial charge in [-0.2, -0.15) is 26.3 Å². The van der Waals surface area contributed by atoms with Crippen LogP contribution in [-0.2, 0) is 29.1 Å². The molecule has 39 heavy (non-hydrogen) atoms. The van der Waals surface area contributed by atoms with E-state index < -0.39 is 35.0 Å². The van der Waals surface area contributed by atoms with E-state index in [0.29, 0.717) is 17.7 Å². The number of carbonyl (C=O) groups excluding carboxylic acids is 1. The average molecular weight is 556 g/mol. The maximum absolute atomic E-state index is 14.2. The lowest BCUT2D eigenvalue weighted by Gasteiger charge is -2.35. The lowest BCUT2D eigenvalue weighted by molar-refractivity contribution is -0.141. The van der Waals surface area contributed by atoms with Crippen molar-refractivity contribution in [3.05, 3.63) is 101 Å². The summed E-state index contributed by atoms with van der Waals surface area (Å²) in [5.74, 6) is -1.11. The summed E-state index contributed by atoms with van der Waals surface area (Å²) in [6.45, 7) is 0. The number of pyridine rings is 1. The fraction of sp³-hybridized carbons (Fsp3) is 0.357. The van der Waals surface area contributed by atoms with Crippen LogP contribution in [0.4, 0.5) is 30.7 Å². The highest BCUT2D eigenvalue weighted by Gasteiger charge is 2.39. The summed E-state index contributed by atoms with van der Waals surface area (Å²) >= 11 is 0. The molecule has 4 nitrogen and oxygen atoms in total. The lowest BCUT2D eigenvalue weighted by Crippen LogP contribution is -2.43. The summed E-state index contributed by atoms with van der Waals surface area (Å²) < 4.78 is 93.1. The van der Waals surface area contributed by atoms with Crippen LogP contribution in [0.25, 0.3) is 0 Å². The van der Waals surface area contributed by atoms with Gasteiger partial charge in [-0.05, 0) is 67.3 Å². The molecule has 1 fully saturated rings. The summed E-state index contributed by atoms with van der Waals surface area (Å²) in [5.41, 5.74) is -3.07. The first-order valence-electron chi connectivity index (χ1n) is 12.2. The molecule has 3 aromatic rings. The van der Waals surface area contributed by atoms with Gasteiger partial charge in [0.05, 0.1) is 11.1 Å². The van der Waals surface area contributed by atoms with Crippen molar-refractivity contribution in [2.24, 2.45) is 0 Å². The van der Waals surface area contributed by atoms with Crippen LogP contribution in [-0.4, -0.2) is 24.5 Å². The number of nitrogens with one attached hydrogen (secondary N) is 2. The van der Waals surface area contributed by atoms with Crippen molar-refractivity contribution in [2.75, 3.05) is 7.05 Å². The molecule has 0 spiro atoms. The molecule has 0 saturated heterocycles. The van der Waals surface area contributed by atoms with Gasteiger partial charge in [0.2, 0.25) is 6.41 Å². The average Bonchev–Trinajstić information content (AvgIpc) is 3.41. The predicted molar refractivity (Wildman–Crippen MR) is 132 cm³/mol. The molecule has 2 aromatic carbocycles. The third kappa shape index (κ3) is 7.78. The Hall–Kier alpha value is -3.47. The van der Waals surface area contributed by atoms with Crippen molar-refractivity contribution in [1.29, 1.82) is 0 Å². The number of alkyl halides is 6. The van der Waals surface area contributed by atoms with Gasteiger partial charge in [0.25, 0.3) is 0 Å². The second kappa shape index (κ2) is 12.6. The van der Waals surface area contributed by atoms with E-state index in [-0.39, 0.29) is 17.5 Å². The number of likely N-dealkylation sites (N-methyl/N-ethyl adjacent to an activating group) is 1. The molecule has 11 heteroatoms. The minimum absolute atomic E-state index is 0.0398. The Bertz CT molecular complexity index is 1210. The third-order valence-corrected chi connectivity index (χ3v) is 6.66. The first-order valence-corrected chi connectivity index (χ1v) is 12.2. The molecule has 1 aliphatic rings. The van der Waals surface area contributed by atoms with E-state index in [2.05, 4.69) is 15.6 Å². The Kier molecular flexibility index (Phi) is 9.71. The van der Waals surface area contributed by atoms with Crippen LogP contribution in [0.3, 0.4) is 0 Å². The fourth-order valence-electron chi connectivity index (χ4n) is 4.65. The standard InChI is InChI=1S/C22H17F7N2.C6H11NO/c1-30-20(12-14-5-3-2-4-6-14,15-7-8-19(31-13-15)22(27,28)29)16-9-17(21(24,25)26)11-18(23)10-16;8-5-7-6-3-1-2-4-6/h2-11,13,30H,12H2,1H3;5-6H,1-4H2,(H,7,8)/t20-;/m1./s1. The summed E-state index contributed by atoms with van der Waals surface area (Å²) in [7, 11) is 1.44. The molecule has 1 aliphatic carbocycles. The largest absolute Gasteiger partial charge is 0.433 e. The van der Waals surface area contributed by atoms with Crippen LogP contribution in [0.2, 0.25) is 0 Å². The van der Waals surface area contributed by atoms with E-state index in [4.69, 9.17) is 0 Å². The molecule has 0 radical (unpaired) electrons. The number of rotatable bonds is 7. The molecule has 0 aliphatic heterocycles. The maximum atomic E-state index is 14.2. The molecular weight excluding hydrogens is 527 g/mol. The normalized spacial score (nSPS) is 15.7. The van der Waals surface area contributed by atoms with E-state index in [0.717, 1.165) is 36.9 Å². The fourth-order valence-corrected chi connectivity index (χ4v) is 4.65. The molecule has 4 rings (SSSR count). The van der Waals surface area contributed by atoms with Gasteiger partial charge in [-0.1, -0.05) is 49.2 Å². The van der Waals surface area contributed by atoms with Gasteiger partial charge in [0.1, 0.15) is 11.5 Å². The van der Waals surface area contributed by atoms with Crippen LogP contribution in [0, 0.1) is 5.82 Å². The van der Waals surface area contributed by atoms with Crippen LogP contribution in [0.1, 0.15) is 53.6 Å². The van der Waals surface area contributed by atoms with Crippen molar-refractivity contribution in [1.82, 2.24) is 15.6 Å². The second-order valence-electron chi connectivity index (χ2n) is 9.24. The molecule has 0 unspecified atom stereocenters. The maximum Gasteiger partial charge on any atom is 0.433 e. The molecular formula is C28H28F7N3O. The molecule has 1 heterocycles. The lowest BCUT2D eigenvalue weighted by atomic mass is 9.78. The summed E-state index contributed by atoms with van der Waals surface area (Å²) in [5, 5.41) is 5.67. The van der Waals surface area contributed by atoms with E-state index in [1.165, 1.54) is 32.7 Å². The Balaban J connectivity index is 0.000000449. The molecule has 2 N–H and O–H groups in total. The number of nitrogens with zero attached hydrogens (tertiary/aromatic N) is 1. The van der Waals surface area contributed by atoms with E-state index in [1.54, 1.807) is 30.3 Å². The van der Waals surface area contributed by atoms with E-state index in [9.17, 15) is 35.5 Å². The van der Waals surface area contributed by atoms with Crippen molar-refractivity contribution in [3.63, 3.8) is 0 Å². The van der Waals surface area contributed by atoms with Gasteiger partial charge in [-0.3, -0.25) is 9.78 Å². The summed E-state index contributed by atoms with van der Waals surface area (Å²) in [4.78, 5) is 13.3. The first kappa shape index (κ1) is 30.1. The highest BCUT2D eigenvalue weighted by atomic mass is 19.4. The topological polar surface area (TPSA) is 54.0 Å². The Labute approximate surface area is 221 Å². The third-order valence-electron chi connectivity index (χ3n) is 6.66. The molecule has 1 atom stereocenters. The second-order valence-corrected chi connectivity index (χ2v) is 9.24. The number of halogens is 7. The SMILES string of the molecule is CN[C@](Cc1ccccc1)(c1ccc(C(F)(F)F)nc1)c1cc(F)cc(C(F)(F)F)c1.O=CNC1CCCC1. The number of carbonyl (C=O) groups is 1. The van der Waals surface area contributed by atoms with Crippen LogP contribution in [0.15, 0.2) is 66.9 Å². The van der Waals surface area contributed by atoms with Crippen molar-refractivity contribution >= 4 is 6.41 Å².